The first-order chi connectivity index (χ1) is 44.2. The highest BCUT2D eigenvalue weighted by Crippen LogP contribution is 2.32. The summed E-state index contributed by atoms with van der Waals surface area (Å²) in [6.45, 7) is 8.20. The molecular formula is C54H72N19O16S4+. The van der Waals surface area contributed by atoms with E-state index in [-0.39, 0.29) is 94.6 Å². The number of rotatable bonds is 18. The topological polar surface area (TPSA) is 465 Å². The van der Waals surface area contributed by atoms with Crippen molar-refractivity contribution < 1.29 is 34.5 Å². The van der Waals surface area contributed by atoms with Gasteiger partial charge in [0.15, 0.2) is 20.4 Å². The molecule has 15 atom stereocenters. The number of thiocarbonyl (C=S) groups is 4. The van der Waals surface area contributed by atoms with Crippen molar-refractivity contribution in [3.8, 4) is 0 Å². The molecule has 0 aliphatic carbocycles. The zero-order valence-corrected chi connectivity index (χ0v) is 54.0. The maximum absolute atomic E-state index is 13.3. The minimum atomic E-state index is -1.01. The number of hydrogen-bond acceptors (Lipinski definition) is 20. The number of aliphatic hydroxyl groups excluding tert-OH is 1. The van der Waals surface area contributed by atoms with E-state index in [4.69, 9.17) is 72.6 Å². The molecule has 35 nitrogen and oxygen atoms in total. The van der Waals surface area contributed by atoms with Crippen molar-refractivity contribution in [2.45, 2.75) is 159 Å². The Balaban J connectivity index is 0.799. The Morgan fingerprint density at radius 2 is 0.613 bits per heavy atom. The van der Waals surface area contributed by atoms with Crippen LogP contribution < -0.4 is 105 Å². The first kappa shape index (κ1) is 67.8. The highest BCUT2D eigenvalue weighted by atomic mass is 32.1. The lowest BCUT2D eigenvalue weighted by atomic mass is 10.1. The summed E-state index contributed by atoms with van der Waals surface area (Å²) < 4.78 is 38.0. The molecule has 0 unspecified atom stereocenters. The number of ether oxygens (including phenoxy) is 5. The van der Waals surface area contributed by atoms with Gasteiger partial charge in [-0.2, -0.15) is 0 Å². The largest absolute Gasteiger partial charge is 0.390 e. The molecule has 39 heteroatoms. The Bertz CT molecular complexity index is 4330. The van der Waals surface area contributed by atoms with E-state index in [1.54, 1.807) is 27.7 Å². The van der Waals surface area contributed by atoms with Crippen LogP contribution in [-0.4, -0.2) is 167 Å². The third-order valence-corrected chi connectivity index (χ3v) is 17.9. The molecule has 0 bridgehead atoms. The molecule has 17 N–H and O–H groups in total. The standard InChI is InChI=1S/C54H71N19O16S4/c1-21-16-69(50(80)64-41(21)75)36-6-26(31(11-55)85-36)60-46(90)56-12-32-27(7-37(86-32)70-17-22(2)42(76)65-51(70)81)61-47(91)57-13-33-28(8-38(87-33)71-18-23(3)43(77)66-52(71)82)62-48(92)58-14-34-29(9-39(88-34)72-19-24(4)44(78)67-53(72)83)63-49(93)59-15-35-30(74)10-40(89-35)73-20-25(5)45(79)68-54(73)84/h16-20,26-40,74H,6-15,55H2,1-5H3,(H2,56,60,90)(H2,57,61,91)(H2,58,62,92)(H2,59,63,93)(H,64,75,80)(H,65,76,81)(H,66,77,82)(H,67,78,83)(H,68,79,84)/p+1/t26-,27-,28-,29-,30-,31+,32+,33+,34+,35+,36+,37+,38+,39+,40+/m0/s1. The Kier molecular flexibility index (Phi) is 20.9. The zero-order valence-electron chi connectivity index (χ0n) is 50.8. The second-order valence-electron chi connectivity index (χ2n) is 23.4. The summed E-state index contributed by atoms with van der Waals surface area (Å²) in [5.74, 6) is 0. The van der Waals surface area contributed by atoms with E-state index < -0.39 is 148 Å². The fraction of sp³-hybridized carbons (Fsp3) is 0.556. The number of nitrogens with zero attached hydrogens (tertiary/aromatic N) is 5. The Labute approximate surface area is 545 Å². The summed E-state index contributed by atoms with van der Waals surface area (Å²) in [4.78, 5) is 138. The van der Waals surface area contributed by atoms with Crippen LogP contribution in [0.25, 0.3) is 0 Å². The molecule has 0 saturated carbocycles. The molecule has 5 aliphatic heterocycles. The molecule has 93 heavy (non-hydrogen) atoms. The molecular weight excluding hydrogens is 1300 g/mol. The smallest absolute Gasteiger partial charge is 0.330 e. The van der Waals surface area contributed by atoms with Gasteiger partial charge in [0.25, 0.3) is 27.8 Å². The predicted molar refractivity (Wildman–Crippen MR) is 347 cm³/mol. The first-order valence-electron chi connectivity index (χ1n) is 29.7. The number of aromatic nitrogens is 10. The van der Waals surface area contributed by atoms with Crippen molar-refractivity contribution >= 4 is 69.3 Å². The van der Waals surface area contributed by atoms with Crippen LogP contribution in [0.3, 0.4) is 0 Å². The van der Waals surface area contributed by atoms with Crippen LogP contribution in [0.4, 0.5) is 0 Å². The molecule has 0 radical (unpaired) electrons. The van der Waals surface area contributed by atoms with Gasteiger partial charge in [-0.25, -0.2) is 24.0 Å². The lowest BCUT2D eigenvalue weighted by Crippen LogP contribution is -2.60. The van der Waals surface area contributed by atoms with Crippen molar-refractivity contribution in [1.82, 2.24) is 90.3 Å². The highest BCUT2D eigenvalue weighted by molar-refractivity contribution is 7.80. The monoisotopic (exact) mass is 1370 g/mol. The van der Waals surface area contributed by atoms with Gasteiger partial charge in [0, 0.05) is 117 Å². The zero-order chi connectivity index (χ0) is 66.9. The van der Waals surface area contributed by atoms with E-state index in [0.717, 1.165) is 0 Å². The van der Waals surface area contributed by atoms with Gasteiger partial charge in [-0.3, -0.25) is 71.7 Å². The van der Waals surface area contributed by atoms with Gasteiger partial charge >= 0.3 is 28.4 Å². The van der Waals surface area contributed by atoms with Crippen LogP contribution in [0, 0.1) is 34.6 Å². The van der Waals surface area contributed by atoms with Crippen LogP contribution in [0.1, 0.15) is 91.1 Å². The number of aromatic amines is 5. The second-order valence-corrected chi connectivity index (χ2v) is 25.1. The molecule has 5 aromatic heterocycles. The van der Waals surface area contributed by atoms with Crippen LogP contribution in [0.15, 0.2) is 78.9 Å². The number of aryl methyl sites for hydroxylation is 5. The number of nitrogens with one attached hydrogen (secondary N) is 13. The van der Waals surface area contributed by atoms with Gasteiger partial charge in [0.05, 0.1) is 48.6 Å². The maximum atomic E-state index is 13.3. The van der Waals surface area contributed by atoms with Crippen molar-refractivity contribution in [3.63, 3.8) is 0 Å². The number of quaternary nitrogens is 1. The third kappa shape index (κ3) is 15.6. The number of hydrogen-bond donors (Lipinski definition) is 15. The second kappa shape index (κ2) is 28.6. The lowest BCUT2D eigenvalue weighted by Gasteiger charge is -2.26. The molecule has 0 spiro atoms. The van der Waals surface area contributed by atoms with E-state index >= 15 is 0 Å². The van der Waals surface area contributed by atoms with Gasteiger partial charge in [-0.1, -0.05) is 0 Å². The van der Waals surface area contributed by atoms with Crippen LogP contribution in [0.5, 0.6) is 0 Å². The molecule has 5 aliphatic rings. The quantitative estimate of drug-likeness (QED) is 0.0363. The highest BCUT2D eigenvalue weighted by Gasteiger charge is 2.43. The van der Waals surface area contributed by atoms with Gasteiger partial charge in [0.2, 0.25) is 0 Å². The maximum Gasteiger partial charge on any atom is 0.330 e. The summed E-state index contributed by atoms with van der Waals surface area (Å²) in [6, 6.07) is -2.25. The van der Waals surface area contributed by atoms with Gasteiger partial charge in [-0.05, 0) is 83.5 Å². The van der Waals surface area contributed by atoms with Crippen LogP contribution >= 0.6 is 48.9 Å². The van der Waals surface area contributed by atoms with E-state index in [1.165, 1.54) is 60.7 Å². The van der Waals surface area contributed by atoms with Gasteiger partial charge in [0.1, 0.15) is 49.9 Å². The lowest BCUT2D eigenvalue weighted by molar-refractivity contribution is -0.386. The summed E-state index contributed by atoms with van der Waals surface area (Å²) in [6.07, 6.45) is -1.03. The van der Waals surface area contributed by atoms with Crippen molar-refractivity contribution in [2.75, 3.05) is 32.7 Å². The molecule has 10 heterocycles. The molecule has 5 fully saturated rings. The third-order valence-electron chi connectivity index (χ3n) is 16.8. The van der Waals surface area contributed by atoms with Crippen molar-refractivity contribution in [2.24, 2.45) is 0 Å². The van der Waals surface area contributed by atoms with E-state index in [0.29, 0.717) is 18.5 Å². The average molecular weight is 1370 g/mol. The normalized spacial score (nSPS) is 27.4. The van der Waals surface area contributed by atoms with Crippen molar-refractivity contribution in [1.29, 1.82) is 0 Å². The Morgan fingerprint density at radius 3 is 0.871 bits per heavy atom. The fourth-order valence-corrected chi connectivity index (χ4v) is 12.7. The molecule has 502 valence electrons. The minimum Gasteiger partial charge on any atom is -0.390 e. The van der Waals surface area contributed by atoms with E-state index in [9.17, 15) is 53.1 Å². The first-order valence-corrected chi connectivity index (χ1v) is 31.4. The van der Waals surface area contributed by atoms with Gasteiger partial charge in [-0.15, -0.1) is 0 Å². The van der Waals surface area contributed by atoms with E-state index in [2.05, 4.69) is 73.2 Å². The summed E-state index contributed by atoms with van der Waals surface area (Å²) in [5, 5.41) is 37.2. The van der Waals surface area contributed by atoms with Gasteiger partial charge < -0.3 is 77.1 Å². The fourth-order valence-electron chi connectivity index (χ4n) is 11.8. The molecule has 5 saturated heterocycles. The summed E-state index contributed by atoms with van der Waals surface area (Å²) >= 11 is 23.2. The van der Waals surface area contributed by atoms with Crippen LogP contribution in [0.2, 0.25) is 0 Å². The number of aliphatic hydroxyl groups is 1. The molecule has 10 rings (SSSR count). The Hall–Kier alpha value is -8.12. The van der Waals surface area contributed by atoms with Crippen LogP contribution in [-0.2, 0) is 23.7 Å². The Morgan fingerprint density at radius 1 is 0.398 bits per heavy atom. The summed E-state index contributed by atoms with van der Waals surface area (Å²) in [5.41, 5.74) is -0.750. The predicted octanol–water partition coefficient (Wildman–Crippen LogP) is -6.35. The SMILES string of the molecule is Cc1cn([C@H]2C[C@H](NC(=S)NC[C@H]3O[C@@H](n4cc(C)c(=O)[nH]c4=O)C[C@@H]3NC(=S)NC[C@H]3O[C@@H](n4cc(C)c(=O)[nH]c4=O)C[C@@H]3NC(=S)NC[C@H]3O[C@@H](n4cc(C)c(=O)[nH]c4=O)C[C@@H]3NC(=S)NC[C@H]3O[C@@H](n4cc(C)c(=O)[nH]c4=O)C[C@@H]3O)[C@@H](C[NH3+])O2)c(=O)[nH]c1=O. The summed E-state index contributed by atoms with van der Waals surface area (Å²) in [7, 11) is 0. The van der Waals surface area contributed by atoms with E-state index in [1.807, 2.05) is 0 Å². The minimum absolute atomic E-state index is 0.00620. The molecule has 0 amide bonds. The van der Waals surface area contributed by atoms with Crippen molar-refractivity contribution in [3.05, 3.63) is 163 Å². The molecule has 0 aromatic carbocycles. The number of H-pyrrole nitrogens is 5. The molecule has 5 aromatic rings. The average Bonchev–Trinajstić information content (AvgIpc) is 1.76.